The van der Waals surface area contributed by atoms with Crippen molar-refractivity contribution in [2.45, 2.75) is 39.3 Å². The molecule has 3 rings (SSSR count). The van der Waals surface area contributed by atoms with Gasteiger partial charge in [-0.3, -0.25) is 4.79 Å². The van der Waals surface area contributed by atoms with Gasteiger partial charge in [0.2, 0.25) is 5.91 Å². The van der Waals surface area contributed by atoms with E-state index in [1.807, 2.05) is 56.3 Å². The van der Waals surface area contributed by atoms with E-state index in [-0.39, 0.29) is 18.1 Å². The molecule has 0 unspecified atom stereocenters. The zero-order valence-corrected chi connectivity index (χ0v) is 15.0. The first-order valence-corrected chi connectivity index (χ1v) is 8.73. The molecule has 1 aromatic carbocycles. The van der Waals surface area contributed by atoms with Crippen LogP contribution < -0.4 is 15.0 Å². The molecule has 1 N–H and O–H groups in total. The summed E-state index contributed by atoms with van der Waals surface area (Å²) in [7, 11) is 0. The van der Waals surface area contributed by atoms with Gasteiger partial charge < -0.3 is 15.0 Å². The second-order valence-corrected chi connectivity index (χ2v) is 6.60. The van der Waals surface area contributed by atoms with Gasteiger partial charge in [0.25, 0.3) is 0 Å². The number of benzene rings is 1. The fraction of sp³-hybridized carbons (Fsp3) is 0.400. The topological polar surface area (TPSA) is 54.5 Å². The second kappa shape index (κ2) is 7.55. The highest BCUT2D eigenvalue weighted by molar-refractivity contribution is 5.73. The maximum Gasteiger partial charge on any atom is 0.217 e. The number of hydrogen-bond acceptors (Lipinski definition) is 4. The van der Waals surface area contributed by atoms with Gasteiger partial charge in [-0.1, -0.05) is 18.2 Å². The first kappa shape index (κ1) is 17.3. The van der Waals surface area contributed by atoms with Crippen LogP contribution in [0.1, 0.15) is 37.6 Å². The summed E-state index contributed by atoms with van der Waals surface area (Å²) in [5.41, 5.74) is 2.10. The first-order chi connectivity index (χ1) is 12.0. The number of pyridine rings is 1. The summed E-state index contributed by atoms with van der Waals surface area (Å²) >= 11 is 0. The third-order valence-electron chi connectivity index (χ3n) is 4.45. The lowest BCUT2D eigenvalue weighted by Crippen LogP contribution is -2.25. The van der Waals surface area contributed by atoms with Crippen molar-refractivity contribution >= 4 is 11.7 Å². The zero-order valence-electron chi connectivity index (χ0n) is 15.0. The molecule has 2 heterocycles. The molecule has 0 spiro atoms. The molecule has 0 bridgehead atoms. The Morgan fingerprint density at radius 3 is 2.72 bits per heavy atom. The highest BCUT2D eigenvalue weighted by Crippen LogP contribution is 2.24. The standard InChI is InChI=1S/C20H25N3O2/c1-14-5-4-6-20(21-14)23-12-11-19(13-23)25-18-9-7-17(8-10-18)15(2)22-16(3)24/h4-10,15,19H,11-13H2,1-3H3,(H,22,24)/t15-,19+/m0/s1. The van der Waals surface area contributed by atoms with Gasteiger partial charge >= 0.3 is 0 Å². The number of hydrogen-bond donors (Lipinski definition) is 1. The predicted molar refractivity (Wildman–Crippen MR) is 98.9 cm³/mol. The van der Waals surface area contributed by atoms with Crippen molar-refractivity contribution in [3.63, 3.8) is 0 Å². The third kappa shape index (κ3) is 4.50. The molecular weight excluding hydrogens is 314 g/mol. The van der Waals surface area contributed by atoms with Crippen LogP contribution in [0.3, 0.4) is 0 Å². The van der Waals surface area contributed by atoms with E-state index in [1.165, 1.54) is 6.92 Å². The molecule has 0 radical (unpaired) electrons. The van der Waals surface area contributed by atoms with Gasteiger partial charge in [0, 0.05) is 25.6 Å². The molecule has 2 aromatic rings. The summed E-state index contributed by atoms with van der Waals surface area (Å²) < 4.78 is 6.12. The van der Waals surface area contributed by atoms with Gasteiger partial charge in [-0.15, -0.1) is 0 Å². The normalized spacial score (nSPS) is 18.0. The van der Waals surface area contributed by atoms with Gasteiger partial charge in [-0.25, -0.2) is 4.98 Å². The number of aryl methyl sites for hydroxylation is 1. The number of rotatable bonds is 5. The Labute approximate surface area is 149 Å². The molecule has 5 heteroatoms. The summed E-state index contributed by atoms with van der Waals surface area (Å²) in [4.78, 5) is 18.0. The average Bonchev–Trinajstić information content (AvgIpc) is 3.03. The van der Waals surface area contributed by atoms with Crippen LogP contribution >= 0.6 is 0 Å². The van der Waals surface area contributed by atoms with Crippen molar-refractivity contribution in [3.8, 4) is 5.75 Å². The molecule has 1 aromatic heterocycles. The summed E-state index contributed by atoms with van der Waals surface area (Å²) in [6.45, 7) is 7.32. The SMILES string of the molecule is CC(=O)N[C@@H](C)c1ccc(O[C@@H]2CCN(c3cccc(C)n3)C2)cc1. The van der Waals surface area contributed by atoms with Crippen LogP contribution in [0, 0.1) is 6.92 Å². The van der Waals surface area contributed by atoms with E-state index in [1.54, 1.807) is 0 Å². The van der Waals surface area contributed by atoms with E-state index in [9.17, 15) is 4.79 Å². The number of anilines is 1. The molecular formula is C20H25N3O2. The maximum absolute atomic E-state index is 11.1. The fourth-order valence-electron chi connectivity index (χ4n) is 3.15. The number of amides is 1. The number of ether oxygens (including phenoxy) is 1. The summed E-state index contributed by atoms with van der Waals surface area (Å²) in [6, 6.07) is 14.1. The molecule has 132 valence electrons. The monoisotopic (exact) mass is 339 g/mol. The van der Waals surface area contributed by atoms with Crippen molar-refractivity contribution in [1.29, 1.82) is 0 Å². The van der Waals surface area contributed by atoms with E-state index in [0.29, 0.717) is 0 Å². The van der Waals surface area contributed by atoms with Crippen LogP contribution in [-0.4, -0.2) is 30.1 Å². The van der Waals surface area contributed by atoms with E-state index < -0.39 is 0 Å². The number of nitrogens with one attached hydrogen (secondary N) is 1. The minimum absolute atomic E-state index is 0.000849. The molecule has 1 aliphatic rings. The van der Waals surface area contributed by atoms with Gasteiger partial charge in [-0.05, 0) is 43.7 Å². The molecule has 1 aliphatic heterocycles. The number of carbonyl (C=O) groups is 1. The van der Waals surface area contributed by atoms with Crippen LogP contribution in [0.5, 0.6) is 5.75 Å². The Bertz CT molecular complexity index is 730. The Morgan fingerprint density at radius 1 is 1.28 bits per heavy atom. The highest BCUT2D eigenvalue weighted by atomic mass is 16.5. The quantitative estimate of drug-likeness (QED) is 0.908. The van der Waals surface area contributed by atoms with Gasteiger partial charge in [0.1, 0.15) is 17.7 Å². The van der Waals surface area contributed by atoms with Crippen LogP contribution in [0.15, 0.2) is 42.5 Å². The van der Waals surface area contributed by atoms with E-state index >= 15 is 0 Å². The Balaban J connectivity index is 1.57. The average molecular weight is 339 g/mol. The molecule has 0 aliphatic carbocycles. The lowest BCUT2D eigenvalue weighted by Gasteiger charge is -2.19. The largest absolute Gasteiger partial charge is 0.489 e. The lowest BCUT2D eigenvalue weighted by atomic mass is 10.1. The fourth-order valence-corrected chi connectivity index (χ4v) is 3.15. The molecule has 0 saturated carbocycles. The molecule has 1 amide bonds. The Hall–Kier alpha value is -2.56. The minimum atomic E-state index is -0.0244. The van der Waals surface area contributed by atoms with Crippen molar-refractivity contribution < 1.29 is 9.53 Å². The second-order valence-electron chi connectivity index (χ2n) is 6.60. The molecule has 2 atom stereocenters. The number of nitrogens with zero attached hydrogens (tertiary/aromatic N) is 2. The zero-order chi connectivity index (χ0) is 17.8. The van der Waals surface area contributed by atoms with Gasteiger partial charge in [-0.2, -0.15) is 0 Å². The lowest BCUT2D eigenvalue weighted by molar-refractivity contribution is -0.119. The van der Waals surface area contributed by atoms with Crippen LogP contribution in [0.4, 0.5) is 5.82 Å². The van der Waals surface area contributed by atoms with E-state index in [0.717, 1.165) is 42.3 Å². The summed E-state index contributed by atoms with van der Waals surface area (Å²) in [5.74, 6) is 1.86. The van der Waals surface area contributed by atoms with Gasteiger partial charge in [0.05, 0.1) is 12.6 Å². The van der Waals surface area contributed by atoms with Crippen LogP contribution in [0.25, 0.3) is 0 Å². The first-order valence-electron chi connectivity index (χ1n) is 8.73. The van der Waals surface area contributed by atoms with Crippen molar-refractivity contribution in [1.82, 2.24) is 10.3 Å². The third-order valence-corrected chi connectivity index (χ3v) is 4.45. The molecule has 1 saturated heterocycles. The maximum atomic E-state index is 11.1. The predicted octanol–water partition coefficient (Wildman–Crippen LogP) is 3.24. The number of carbonyl (C=O) groups excluding carboxylic acids is 1. The van der Waals surface area contributed by atoms with Crippen LogP contribution in [-0.2, 0) is 4.79 Å². The smallest absolute Gasteiger partial charge is 0.217 e. The summed E-state index contributed by atoms with van der Waals surface area (Å²) in [5, 5.41) is 2.89. The Morgan fingerprint density at radius 2 is 2.04 bits per heavy atom. The van der Waals surface area contributed by atoms with Gasteiger partial charge in [0.15, 0.2) is 0 Å². The highest BCUT2D eigenvalue weighted by Gasteiger charge is 2.25. The summed E-state index contributed by atoms with van der Waals surface area (Å²) in [6.07, 6.45) is 1.15. The van der Waals surface area contributed by atoms with Crippen molar-refractivity contribution in [3.05, 3.63) is 53.7 Å². The van der Waals surface area contributed by atoms with Crippen molar-refractivity contribution in [2.24, 2.45) is 0 Å². The minimum Gasteiger partial charge on any atom is -0.489 e. The molecule has 25 heavy (non-hydrogen) atoms. The van der Waals surface area contributed by atoms with Crippen molar-refractivity contribution in [2.75, 3.05) is 18.0 Å². The van der Waals surface area contributed by atoms with Crippen LogP contribution in [0.2, 0.25) is 0 Å². The molecule has 5 nitrogen and oxygen atoms in total. The van der Waals surface area contributed by atoms with E-state index in [4.69, 9.17) is 4.74 Å². The van der Waals surface area contributed by atoms with E-state index in [2.05, 4.69) is 15.2 Å². The number of aromatic nitrogens is 1. The Kier molecular flexibility index (Phi) is 5.22. The molecule has 1 fully saturated rings.